The predicted octanol–water partition coefficient (Wildman–Crippen LogP) is 4.66. The van der Waals surface area contributed by atoms with Gasteiger partial charge >= 0.3 is 0 Å². The van der Waals surface area contributed by atoms with E-state index >= 15 is 0 Å². The first-order chi connectivity index (χ1) is 13.7. The van der Waals surface area contributed by atoms with E-state index in [-0.39, 0.29) is 6.29 Å². The number of hydrogen-bond donors (Lipinski definition) is 1. The molecule has 0 spiro atoms. The van der Waals surface area contributed by atoms with Crippen LogP contribution in [0.2, 0.25) is 16.6 Å². The van der Waals surface area contributed by atoms with Crippen molar-refractivity contribution in [1.82, 2.24) is 4.90 Å². The van der Waals surface area contributed by atoms with Gasteiger partial charge in [0.15, 0.2) is 14.6 Å². The standard InChI is InChI=1S/C23H43NO4Si/c1-18(2)29(19(3)4,20(5)6)28-17-22(25)15-24(16-23(26-7)27-8)14-21-12-10-9-11-13-21/h9-13,18-20,22-23,25H,14-17H2,1-8H3. The molecule has 1 rings (SSSR count). The van der Waals surface area contributed by atoms with Crippen molar-refractivity contribution in [2.75, 3.05) is 33.9 Å². The summed E-state index contributed by atoms with van der Waals surface area (Å²) in [6, 6.07) is 10.3. The Labute approximate surface area is 179 Å². The first-order valence-corrected chi connectivity index (χ1v) is 12.9. The van der Waals surface area contributed by atoms with E-state index < -0.39 is 14.4 Å². The zero-order chi connectivity index (χ0) is 22.0. The van der Waals surface area contributed by atoms with Gasteiger partial charge in [-0.1, -0.05) is 71.9 Å². The lowest BCUT2D eigenvalue weighted by Crippen LogP contribution is -2.50. The molecule has 0 bridgehead atoms. The molecule has 6 heteroatoms. The van der Waals surface area contributed by atoms with Gasteiger partial charge in [0.2, 0.25) is 0 Å². The maximum absolute atomic E-state index is 10.8. The molecule has 0 amide bonds. The normalized spacial score (nSPS) is 14.0. The summed E-state index contributed by atoms with van der Waals surface area (Å²) < 4.78 is 17.4. The summed E-state index contributed by atoms with van der Waals surface area (Å²) in [5, 5.41) is 10.8. The Kier molecular flexibility index (Phi) is 11.6. The van der Waals surface area contributed by atoms with Gasteiger partial charge in [-0.3, -0.25) is 4.90 Å². The number of ether oxygens (including phenoxy) is 2. The highest BCUT2D eigenvalue weighted by molar-refractivity contribution is 6.77. The molecule has 1 aromatic carbocycles. The second-order valence-corrected chi connectivity index (χ2v) is 14.3. The minimum absolute atomic E-state index is 0.331. The topological polar surface area (TPSA) is 51.2 Å². The molecule has 29 heavy (non-hydrogen) atoms. The van der Waals surface area contributed by atoms with E-state index in [1.54, 1.807) is 14.2 Å². The van der Waals surface area contributed by atoms with Crippen molar-refractivity contribution in [2.45, 2.75) is 77.1 Å². The Morgan fingerprint density at radius 2 is 1.38 bits per heavy atom. The second kappa shape index (κ2) is 12.8. The smallest absolute Gasteiger partial charge is 0.200 e. The monoisotopic (exact) mass is 425 g/mol. The van der Waals surface area contributed by atoms with Crippen LogP contribution in [0.15, 0.2) is 30.3 Å². The van der Waals surface area contributed by atoms with E-state index in [9.17, 15) is 5.11 Å². The third-order valence-corrected chi connectivity index (χ3v) is 12.0. The Hall–Kier alpha value is -0.763. The van der Waals surface area contributed by atoms with Gasteiger partial charge in [0.1, 0.15) is 0 Å². The van der Waals surface area contributed by atoms with Gasteiger partial charge in [0.25, 0.3) is 0 Å². The third kappa shape index (κ3) is 7.77. The van der Waals surface area contributed by atoms with Crippen LogP contribution in [0.4, 0.5) is 0 Å². The van der Waals surface area contributed by atoms with Crippen molar-refractivity contribution >= 4 is 8.32 Å². The molecule has 0 radical (unpaired) electrons. The fourth-order valence-corrected chi connectivity index (χ4v) is 10.1. The van der Waals surface area contributed by atoms with Crippen molar-refractivity contribution in [3.8, 4) is 0 Å². The maximum atomic E-state index is 10.8. The molecule has 0 fully saturated rings. The van der Waals surface area contributed by atoms with Gasteiger partial charge in [-0.2, -0.15) is 0 Å². The zero-order valence-corrected chi connectivity index (χ0v) is 20.7. The second-order valence-electron chi connectivity index (χ2n) is 8.86. The van der Waals surface area contributed by atoms with Gasteiger partial charge in [-0.25, -0.2) is 0 Å². The summed E-state index contributed by atoms with van der Waals surface area (Å²) in [7, 11) is 1.29. The lowest BCUT2D eigenvalue weighted by molar-refractivity contribution is -0.120. The van der Waals surface area contributed by atoms with Crippen LogP contribution < -0.4 is 0 Å². The van der Waals surface area contributed by atoms with Crippen LogP contribution in [0, 0.1) is 0 Å². The molecule has 0 saturated carbocycles. The molecule has 0 aromatic heterocycles. The summed E-state index contributed by atoms with van der Waals surface area (Å²) in [5.74, 6) is 0. The van der Waals surface area contributed by atoms with Crippen LogP contribution in [0.5, 0.6) is 0 Å². The number of methoxy groups -OCH3 is 2. The van der Waals surface area contributed by atoms with Crippen LogP contribution in [0.25, 0.3) is 0 Å². The first kappa shape index (κ1) is 26.3. The van der Waals surface area contributed by atoms with Crippen molar-refractivity contribution in [1.29, 1.82) is 0 Å². The molecule has 1 unspecified atom stereocenters. The minimum atomic E-state index is -1.99. The number of aliphatic hydroxyl groups is 1. The number of aliphatic hydroxyl groups excluding tert-OH is 1. The fourth-order valence-electron chi connectivity index (χ4n) is 4.59. The average Bonchev–Trinajstić information content (AvgIpc) is 2.66. The highest BCUT2D eigenvalue weighted by atomic mass is 28.4. The molecular weight excluding hydrogens is 382 g/mol. The molecule has 0 aliphatic rings. The van der Waals surface area contributed by atoms with E-state index in [0.29, 0.717) is 36.3 Å². The summed E-state index contributed by atoms with van der Waals surface area (Å²) >= 11 is 0. The van der Waals surface area contributed by atoms with E-state index in [1.165, 1.54) is 5.56 Å². The Bertz CT molecular complexity index is 527. The molecular formula is C23H43NO4Si. The Balaban J connectivity index is 2.83. The number of hydrogen-bond acceptors (Lipinski definition) is 5. The van der Waals surface area contributed by atoms with E-state index in [0.717, 1.165) is 6.54 Å². The molecule has 0 heterocycles. The Morgan fingerprint density at radius 1 is 0.862 bits per heavy atom. The molecule has 0 saturated heterocycles. The van der Waals surface area contributed by atoms with Gasteiger partial charge in [0, 0.05) is 33.9 Å². The van der Waals surface area contributed by atoms with Crippen LogP contribution >= 0.6 is 0 Å². The summed E-state index contributed by atoms with van der Waals surface area (Å²) in [6.07, 6.45) is -0.890. The highest BCUT2D eigenvalue weighted by Gasteiger charge is 2.45. The van der Waals surface area contributed by atoms with E-state index in [4.69, 9.17) is 13.9 Å². The third-order valence-electron chi connectivity index (χ3n) is 5.88. The highest BCUT2D eigenvalue weighted by Crippen LogP contribution is 2.42. The average molecular weight is 426 g/mol. The fraction of sp³-hybridized carbons (Fsp3) is 0.739. The largest absolute Gasteiger partial charge is 0.413 e. The minimum Gasteiger partial charge on any atom is -0.413 e. The lowest BCUT2D eigenvalue weighted by Gasteiger charge is -2.42. The first-order valence-electron chi connectivity index (χ1n) is 10.8. The molecule has 5 nitrogen and oxygen atoms in total. The number of nitrogens with zero attached hydrogens (tertiary/aromatic N) is 1. The van der Waals surface area contributed by atoms with Crippen molar-refractivity contribution in [3.05, 3.63) is 35.9 Å². The summed E-state index contributed by atoms with van der Waals surface area (Å²) in [4.78, 5) is 2.17. The molecule has 1 atom stereocenters. The zero-order valence-electron chi connectivity index (χ0n) is 19.7. The lowest BCUT2D eigenvalue weighted by atomic mass is 10.2. The molecule has 0 aliphatic heterocycles. The van der Waals surface area contributed by atoms with Crippen LogP contribution in [0.3, 0.4) is 0 Å². The SMILES string of the molecule is COC(CN(Cc1ccccc1)CC(O)CO[Si](C(C)C)(C(C)C)C(C)C)OC. The predicted molar refractivity (Wildman–Crippen MR) is 123 cm³/mol. The van der Waals surface area contributed by atoms with Gasteiger partial charge < -0.3 is 19.0 Å². The molecule has 0 aliphatic carbocycles. The van der Waals surface area contributed by atoms with Gasteiger partial charge in [-0.05, 0) is 22.2 Å². The van der Waals surface area contributed by atoms with Crippen molar-refractivity contribution < 1.29 is 19.0 Å². The van der Waals surface area contributed by atoms with E-state index in [1.807, 2.05) is 18.2 Å². The number of benzene rings is 1. The quantitative estimate of drug-likeness (QED) is 0.347. The van der Waals surface area contributed by atoms with E-state index in [2.05, 4.69) is 58.6 Å². The van der Waals surface area contributed by atoms with Crippen molar-refractivity contribution in [3.63, 3.8) is 0 Å². The summed E-state index contributed by atoms with van der Waals surface area (Å²) in [6.45, 7) is 15.8. The summed E-state index contributed by atoms with van der Waals surface area (Å²) in [5.41, 5.74) is 2.70. The molecule has 1 aromatic rings. The van der Waals surface area contributed by atoms with Crippen LogP contribution in [-0.4, -0.2) is 64.6 Å². The van der Waals surface area contributed by atoms with Gasteiger partial charge in [0.05, 0.1) is 12.7 Å². The Morgan fingerprint density at radius 3 is 1.83 bits per heavy atom. The maximum Gasteiger partial charge on any atom is 0.200 e. The van der Waals surface area contributed by atoms with Crippen LogP contribution in [-0.2, 0) is 20.4 Å². The molecule has 168 valence electrons. The number of rotatable bonds is 14. The van der Waals surface area contributed by atoms with Gasteiger partial charge in [-0.15, -0.1) is 0 Å². The molecule has 1 N–H and O–H groups in total. The van der Waals surface area contributed by atoms with Crippen molar-refractivity contribution in [2.24, 2.45) is 0 Å². The van der Waals surface area contributed by atoms with Crippen LogP contribution in [0.1, 0.15) is 47.1 Å².